The van der Waals surface area contributed by atoms with Crippen LogP contribution in [-0.2, 0) is 4.74 Å². The summed E-state index contributed by atoms with van der Waals surface area (Å²) in [5.41, 5.74) is 0.457. The number of amides is 1. The first-order valence-corrected chi connectivity index (χ1v) is 6.13. The van der Waals surface area contributed by atoms with Crippen LogP contribution in [0.5, 0.6) is 0 Å². The molecule has 1 atom stereocenters. The molecular weight excluding hydrogens is 272 g/mol. The molecule has 0 aromatic carbocycles. The molecule has 100 valence electrons. The number of nitrogens with zero attached hydrogens (tertiary/aromatic N) is 3. The predicted molar refractivity (Wildman–Crippen MR) is 64.7 cm³/mol. The Morgan fingerprint density at radius 3 is 3.16 bits per heavy atom. The molecule has 1 saturated heterocycles. The maximum Gasteiger partial charge on any atom is 0.270 e. The van der Waals surface area contributed by atoms with Crippen LogP contribution in [0.4, 0.5) is 0 Å². The number of halogens is 1. The highest BCUT2D eigenvalue weighted by molar-refractivity contribution is 6.30. The minimum atomic E-state index is -0.359. The van der Waals surface area contributed by atoms with E-state index in [0.717, 1.165) is 0 Å². The van der Waals surface area contributed by atoms with Crippen LogP contribution < -0.4 is 0 Å². The molecule has 3 heterocycles. The van der Waals surface area contributed by atoms with E-state index in [-0.39, 0.29) is 12.0 Å². The standard InChI is InChI=1S/C11H11ClN4O3/c12-7-3-8(13-4-7)11(17)16-1-2-18-9(5-16)10-14-6-19-15-10/h3-4,6,9,13H,1-2,5H2/t9-/m0/s1. The lowest BCUT2D eigenvalue weighted by molar-refractivity contribution is -0.0278. The maximum atomic E-state index is 12.2. The van der Waals surface area contributed by atoms with Crippen LogP contribution in [0.3, 0.4) is 0 Å². The summed E-state index contributed by atoms with van der Waals surface area (Å²) in [7, 11) is 0. The summed E-state index contributed by atoms with van der Waals surface area (Å²) >= 11 is 5.79. The van der Waals surface area contributed by atoms with E-state index in [2.05, 4.69) is 19.6 Å². The molecule has 3 rings (SSSR count). The van der Waals surface area contributed by atoms with Gasteiger partial charge in [0, 0.05) is 12.7 Å². The Kier molecular flexibility index (Phi) is 3.22. The number of ether oxygens (including phenoxy) is 1. The second kappa shape index (κ2) is 5.02. The van der Waals surface area contributed by atoms with Crippen molar-refractivity contribution in [3.8, 4) is 0 Å². The third kappa shape index (κ3) is 2.47. The van der Waals surface area contributed by atoms with Crippen molar-refractivity contribution in [3.63, 3.8) is 0 Å². The molecule has 2 aromatic heterocycles. The number of rotatable bonds is 2. The molecule has 1 N–H and O–H groups in total. The van der Waals surface area contributed by atoms with Gasteiger partial charge in [0.1, 0.15) is 11.8 Å². The Morgan fingerprint density at radius 2 is 2.47 bits per heavy atom. The van der Waals surface area contributed by atoms with Crippen LogP contribution in [0.15, 0.2) is 23.2 Å². The largest absolute Gasteiger partial charge is 0.366 e. The van der Waals surface area contributed by atoms with E-state index >= 15 is 0 Å². The number of carbonyl (C=O) groups is 1. The van der Waals surface area contributed by atoms with E-state index in [1.54, 1.807) is 17.2 Å². The molecule has 0 bridgehead atoms. The summed E-state index contributed by atoms with van der Waals surface area (Å²) in [6, 6.07) is 1.60. The van der Waals surface area contributed by atoms with Gasteiger partial charge in [-0.25, -0.2) is 0 Å². The first kappa shape index (κ1) is 12.2. The molecule has 1 aliphatic heterocycles. The molecule has 8 heteroatoms. The first-order chi connectivity index (χ1) is 9.24. The minimum Gasteiger partial charge on any atom is -0.366 e. The molecule has 1 aliphatic rings. The molecule has 1 amide bonds. The van der Waals surface area contributed by atoms with Gasteiger partial charge in [0.2, 0.25) is 12.2 Å². The average molecular weight is 283 g/mol. The molecule has 0 spiro atoms. The van der Waals surface area contributed by atoms with Gasteiger partial charge >= 0.3 is 0 Å². The first-order valence-electron chi connectivity index (χ1n) is 5.75. The molecule has 19 heavy (non-hydrogen) atoms. The van der Waals surface area contributed by atoms with E-state index < -0.39 is 0 Å². The second-order valence-electron chi connectivity index (χ2n) is 4.13. The van der Waals surface area contributed by atoms with Crippen LogP contribution in [0, 0.1) is 0 Å². The number of aromatic amines is 1. The average Bonchev–Trinajstić information content (AvgIpc) is 3.09. The second-order valence-corrected chi connectivity index (χ2v) is 4.57. The zero-order valence-corrected chi connectivity index (χ0v) is 10.6. The van der Waals surface area contributed by atoms with Gasteiger partial charge in [-0.05, 0) is 6.07 Å². The molecule has 7 nitrogen and oxygen atoms in total. The summed E-state index contributed by atoms with van der Waals surface area (Å²) in [4.78, 5) is 20.7. The normalized spacial score (nSPS) is 19.6. The molecule has 2 aromatic rings. The highest BCUT2D eigenvalue weighted by atomic mass is 35.5. The molecular formula is C11H11ClN4O3. The summed E-state index contributed by atoms with van der Waals surface area (Å²) in [6.45, 7) is 1.33. The zero-order valence-electron chi connectivity index (χ0n) is 9.88. The van der Waals surface area contributed by atoms with Gasteiger partial charge in [0.15, 0.2) is 0 Å². The van der Waals surface area contributed by atoms with Crippen LogP contribution in [0.25, 0.3) is 0 Å². The van der Waals surface area contributed by atoms with E-state index in [1.165, 1.54) is 6.39 Å². The van der Waals surface area contributed by atoms with Gasteiger partial charge < -0.3 is 19.1 Å². The van der Waals surface area contributed by atoms with Crippen molar-refractivity contribution >= 4 is 17.5 Å². The van der Waals surface area contributed by atoms with E-state index in [1.807, 2.05) is 0 Å². The molecule has 0 radical (unpaired) electrons. The summed E-state index contributed by atoms with van der Waals surface area (Å²) < 4.78 is 10.2. The molecule has 0 unspecified atom stereocenters. The van der Waals surface area contributed by atoms with Gasteiger partial charge in [0.05, 0.1) is 18.2 Å². The highest BCUT2D eigenvalue weighted by Gasteiger charge is 2.29. The van der Waals surface area contributed by atoms with Crippen molar-refractivity contribution in [1.82, 2.24) is 20.0 Å². The monoisotopic (exact) mass is 282 g/mol. The highest BCUT2D eigenvalue weighted by Crippen LogP contribution is 2.21. The molecule has 0 saturated carbocycles. The number of nitrogens with one attached hydrogen (secondary N) is 1. The Hall–Kier alpha value is -1.86. The van der Waals surface area contributed by atoms with Crippen LogP contribution in [0.2, 0.25) is 5.02 Å². The number of H-pyrrole nitrogens is 1. The minimum absolute atomic E-state index is 0.122. The van der Waals surface area contributed by atoms with E-state index in [0.29, 0.717) is 36.2 Å². The lowest BCUT2D eigenvalue weighted by Gasteiger charge is -2.31. The number of aromatic nitrogens is 3. The third-order valence-corrected chi connectivity index (χ3v) is 3.12. The molecule has 0 aliphatic carbocycles. The quantitative estimate of drug-likeness (QED) is 0.896. The van der Waals surface area contributed by atoms with Crippen LogP contribution in [0.1, 0.15) is 22.4 Å². The Morgan fingerprint density at radius 1 is 1.58 bits per heavy atom. The fraction of sp³-hybridized carbons (Fsp3) is 0.364. The van der Waals surface area contributed by atoms with Crippen LogP contribution in [-0.4, -0.2) is 45.6 Å². The van der Waals surface area contributed by atoms with Crippen LogP contribution >= 0.6 is 11.6 Å². The van der Waals surface area contributed by atoms with Crippen molar-refractivity contribution in [1.29, 1.82) is 0 Å². The van der Waals surface area contributed by atoms with E-state index in [4.69, 9.17) is 16.3 Å². The number of hydrogen-bond donors (Lipinski definition) is 1. The Balaban J connectivity index is 1.73. The Labute approximate surface area is 113 Å². The van der Waals surface area contributed by atoms with Crippen molar-refractivity contribution in [2.75, 3.05) is 19.7 Å². The lowest BCUT2D eigenvalue weighted by atomic mass is 10.2. The smallest absolute Gasteiger partial charge is 0.270 e. The van der Waals surface area contributed by atoms with Gasteiger partial charge in [-0.15, -0.1) is 0 Å². The number of carbonyl (C=O) groups excluding carboxylic acids is 1. The Bertz CT molecular complexity index is 568. The third-order valence-electron chi connectivity index (χ3n) is 2.90. The van der Waals surface area contributed by atoms with Crippen molar-refractivity contribution in [3.05, 3.63) is 35.2 Å². The fourth-order valence-corrected chi connectivity index (χ4v) is 2.14. The fourth-order valence-electron chi connectivity index (χ4n) is 1.97. The van der Waals surface area contributed by atoms with Gasteiger partial charge in [0.25, 0.3) is 5.91 Å². The van der Waals surface area contributed by atoms with Gasteiger partial charge in [-0.2, -0.15) is 4.98 Å². The summed E-state index contributed by atoms with van der Waals surface area (Å²) in [5.74, 6) is 0.325. The predicted octanol–water partition coefficient (Wildman–Crippen LogP) is 1.26. The number of hydrogen-bond acceptors (Lipinski definition) is 5. The summed E-state index contributed by atoms with van der Waals surface area (Å²) in [6.07, 6.45) is 2.46. The maximum absolute atomic E-state index is 12.2. The lowest BCUT2D eigenvalue weighted by Crippen LogP contribution is -2.42. The van der Waals surface area contributed by atoms with Gasteiger partial charge in [-0.1, -0.05) is 16.8 Å². The number of morpholine rings is 1. The molecule has 1 fully saturated rings. The summed E-state index contributed by atoms with van der Waals surface area (Å²) in [5, 5.41) is 4.24. The van der Waals surface area contributed by atoms with Crippen molar-refractivity contribution in [2.24, 2.45) is 0 Å². The topological polar surface area (TPSA) is 84.2 Å². The van der Waals surface area contributed by atoms with Crippen molar-refractivity contribution in [2.45, 2.75) is 6.10 Å². The zero-order chi connectivity index (χ0) is 13.2. The van der Waals surface area contributed by atoms with E-state index in [9.17, 15) is 4.79 Å². The van der Waals surface area contributed by atoms with Crippen molar-refractivity contribution < 1.29 is 14.1 Å². The van der Waals surface area contributed by atoms with Gasteiger partial charge in [-0.3, -0.25) is 4.79 Å². The SMILES string of the molecule is O=C(c1cc(Cl)c[nH]1)N1CCO[C@H](c2ncon2)C1.